The van der Waals surface area contributed by atoms with Crippen LogP contribution in [0.1, 0.15) is 20.3 Å². The number of hydrogen-bond donors (Lipinski definition) is 2. The lowest BCUT2D eigenvalue weighted by molar-refractivity contribution is 0.365. The van der Waals surface area contributed by atoms with Crippen LogP contribution in [0.5, 0.6) is 0 Å². The Balaban J connectivity index is 2.61. The quantitative estimate of drug-likeness (QED) is 0.846. The first-order chi connectivity index (χ1) is 7.44. The topological polar surface area (TPSA) is 38.0 Å². The summed E-state index contributed by atoms with van der Waals surface area (Å²) in [5.41, 5.74) is 6.64. The fourth-order valence-corrected chi connectivity index (χ4v) is 1.92. The molecule has 0 saturated heterocycles. The van der Waals surface area contributed by atoms with Crippen LogP contribution in [0.25, 0.3) is 0 Å². The van der Waals surface area contributed by atoms with Crippen LogP contribution in [0.15, 0.2) is 18.2 Å². The number of rotatable bonds is 5. The number of benzene rings is 1. The minimum atomic E-state index is 0.164. The van der Waals surface area contributed by atoms with Gasteiger partial charge in [-0.25, -0.2) is 0 Å². The van der Waals surface area contributed by atoms with Gasteiger partial charge in [-0.2, -0.15) is 0 Å². The predicted molar refractivity (Wildman–Crippen MR) is 72.4 cm³/mol. The average molecular weight is 261 g/mol. The smallest absolute Gasteiger partial charge is 0.0652 e. The van der Waals surface area contributed by atoms with Crippen LogP contribution in [-0.4, -0.2) is 13.1 Å². The maximum absolute atomic E-state index is 6.06. The highest BCUT2D eigenvalue weighted by molar-refractivity contribution is 6.36. The summed E-state index contributed by atoms with van der Waals surface area (Å²) in [6.07, 6.45) is 0.977. The van der Waals surface area contributed by atoms with Gasteiger partial charge in [0.05, 0.1) is 10.7 Å². The van der Waals surface area contributed by atoms with Crippen LogP contribution in [-0.2, 0) is 0 Å². The number of hydrogen-bond acceptors (Lipinski definition) is 2. The molecule has 3 N–H and O–H groups in total. The largest absolute Gasteiger partial charge is 0.383 e. The molecule has 0 spiro atoms. The van der Waals surface area contributed by atoms with E-state index in [1.165, 1.54) is 0 Å². The normalized spacial score (nSPS) is 11.6. The maximum Gasteiger partial charge on any atom is 0.0652 e. The third kappa shape index (κ3) is 4.20. The van der Waals surface area contributed by atoms with Gasteiger partial charge in [-0.15, -0.1) is 0 Å². The van der Waals surface area contributed by atoms with Crippen molar-refractivity contribution in [3.05, 3.63) is 28.2 Å². The van der Waals surface area contributed by atoms with Crippen LogP contribution in [0.3, 0.4) is 0 Å². The van der Waals surface area contributed by atoms with Gasteiger partial charge in [-0.3, -0.25) is 0 Å². The minimum Gasteiger partial charge on any atom is -0.383 e. The van der Waals surface area contributed by atoms with E-state index >= 15 is 0 Å². The molecule has 90 valence electrons. The minimum absolute atomic E-state index is 0.164. The monoisotopic (exact) mass is 260 g/mol. The van der Waals surface area contributed by atoms with E-state index in [1.807, 2.05) is 12.1 Å². The maximum atomic E-state index is 6.06. The van der Waals surface area contributed by atoms with Crippen molar-refractivity contribution in [1.29, 1.82) is 0 Å². The van der Waals surface area contributed by atoms with Crippen molar-refractivity contribution in [2.45, 2.75) is 20.3 Å². The molecule has 0 unspecified atom stereocenters. The Kier molecular flexibility index (Phi) is 4.90. The highest BCUT2D eigenvalue weighted by Crippen LogP contribution is 2.27. The Morgan fingerprint density at radius 2 is 2.00 bits per heavy atom. The third-order valence-corrected chi connectivity index (χ3v) is 3.06. The van der Waals surface area contributed by atoms with Gasteiger partial charge >= 0.3 is 0 Å². The van der Waals surface area contributed by atoms with Gasteiger partial charge in [0.2, 0.25) is 0 Å². The van der Waals surface area contributed by atoms with Gasteiger partial charge in [-0.05, 0) is 36.6 Å². The highest BCUT2D eigenvalue weighted by atomic mass is 35.5. The van der Waals surface area contributed by atoms with Crippen molar-refractivity contribution < 1.29 is 0 Å². The Bertz CT molecular complexity index is 351. The van der Waals surface area contributed by atoms with Crippen molar-refractivity contribution in [2.75, 3.05) is 18.4 Å². The molecule has 0 amide bonds. The van der Waals surface area contributed by atoms with Gasteiger partial charge in [0.25, 0.3) is 0 Å². The summed E-state index contributed by atoms with van der Waals surface area (Å²) < 4.78 is 0. The molecule has 1 aromatic rings. The number of nitrogens with two attached hydrogens (primary N) is 1. The van der Waals surface area contributed by atoms with E-state index in [2.05, 4.69) is 19.2 Å². The third-order valence-electron chi connectivity index (χ3n) is 2.51. The fourth-order valence-electron chi connectivity index (χ4n) is 1.45. The molecular formula is C12H18Cl2N2. The number of nitrogens with one attached hydrogen (secondary N) is 1. The Hall–Kier alpha value is -0.440. The summed E-state index contributed by atoms with van der Waals surface area (Å²) in [5.74, 6) is 0. The molecule has 0 aliphatic rings. The van der Waals surface area contributed by atoms with Gasteiger partial charge in [0.1, 0.15) is 0 Å². The molecular weight excluding hydrogens is 243 g/mol. The van der Waals surface area contributed by atoms with Gasteiger partial charge in [0, 0.05) is 11.6 Å². The van der Waals surface area contributed by atoms with Crippen molar-refractivity contribution in [3.63, 3.8) is 0 Å². The van der Waals surface area contributed by atoms with E-state index in [4.69, 9.17) is 28.9 Å². The molecule has 0 heterocycles. The first-order valence-corrected chi connectivity index (χ1v) is 6.09. The van der Waals surface area contributed by atoms with Crippen molar-refractivity contribution in [3.8, 4) is 0 Å². The van der Waals surface area contributed by atoms with Crippen LogP contribution >= 0.6 is 23.2 Å². The van der Waals surface area contributed by atoms with Gasteiger partial charge in [-0.1, -0.05) is 37.0 Å². The molecule has 1 aromatic carbocycles. The molecule has 0 saturated carbocycles. The molecule has 16 heavy (non-hydrogen) atoms. The van der Waals surface area contributed by atoms with Crippen LogP contribution in [0.4, 0.5) is 5.69 Å². The molecule has 1 rings (SSSR count). The van der Waals surface area contributed by atoms with E-state index in [0.29, 0.717) is 16.6 Å². The SMILES string of the molecule is CC(C)(CCN)CNc1ccc(Cl)cc1Cl. The molecule has 0 aliphatic carbocycles. The standard InChI is InChI=1S/C12H18Cl2N2/c1-12(2,5-6-15)8-16-11-4-3-9(13)7-10(11)14/h3-4,7,16H,5-6,8,15H2,1-2H3. The molecule has 0 aliphatic heterocycles. The fraction of sp³-hybridized carbons (Fsp3) is 0.500. The lowest BCUT2D eigenvalue weighted by Crippen LogP contribution is -2.26. The zero-order chi connectivity index (χ0) is 12.2. The molecule has 4 heteroatoms. The van der Waals surface area contributed by atoms with E-state index in [0.717, 1.165) is 18.7 Å². The zero-order valence-corrected chi connectivity index (χ0v) is 11.2. The van der Waals surface area contributed by atoms with Gasteiger partial charge < -0.3 is 11.1 Å². The van der Waals surface area contributed by atoms with Gasteiger partial charge in [0.15, 0.2) is 0 Å². The molecule has 0 aromatic heterocycles. The molecule has 2 nitrogen and oxygen atoms in total. The van der Waals surface area contributed by atoms with Crippen LogP contribution < -0.4 is 11.1 Å². The summed E-state index contributed by atoms with van der Waals surface area (Å²) in [5, 5.41) is 4.62. The predicted octanol–water partition coefficient (Wildman–Crippen LogP) is 3.78. The van der Waals surface area contributed by atoms with E-state index < -0.39 is 0 Å². The second-order valence-corrected chi connectivity index (χ2v) is 5.52. The Morgan fingerprint density at radius 3 is 2.56 bits per heavy atom. The molecule has 0 bridgehead atoms. The van der Waals surface area contributed by atoms with E-state index in [1.54, 1.807) is 6.07 Å². The zero-order valence-electron chi connectivity index (χ0n) is 9.69. The number of halogens is 2. The van der Waals surface area contributed by atoms with Crippen LogP contribution in [0, 0.1) is 5.41 Å². The van der Waals surface area contributed by atoms with Crippen LogP contribution in [0.2, 0.25) is 10.0 Å². The molecule has 0 radical (unpaired) electrons. The van der Waals surface area contributed by atoms with E-state index in [9.17, 15) is 0 Å². The summed E-state index contributed by atoms with van der Waals surface area (Å²) in [4.78, 5) is 0. The second-order valence-electron chi connectivity index (χ2n) is 4.68. The number of anilines is 1. The highest BCUT2D eigenvalue weighted by Gasteiger charge is 2.16. The van der Waals surface area contributed by atoms with Crippen molar-refractivity contribution in [1.82, 2.24) is 0 Å². The second kappa shape index (κ2) is 5.76. The summed E-state index contributed by atoms with van der Waals surface area (Å²) in [6.45, 7) is 5.89. The molecule has 0 fully saturated rings. The summed E-state index contributed by atoms with van der Waals surface area (Å²) >= 11 is 11.9. The average Bonchev–Trinajstić information content (AvgIpc) is 2.16. The Labute approximate surface area is 107 Å². The first kappa shape index (κ1) is 13.6. The van der Waals surface area contributed by atoms with E-state index in [-0.39, 0.29) is 5.41 Å². The lowest BCUT2D eigenvalue weighted by atomic mass is 9.89. The first-order valence-electron chi connectivity index (χ1n) is 5.33. The Morgan fingerprint density at radius 1 is 1.31 bits per heavy atom. The molecule has 0 atom stereocenters. The van der Waals surface area contributed by atoms with Crippen molar-refractivity contribution >= 4 is 28.9 Å². The summed E-state index contributed by atoms with van der Waals surface area (Å²) in [6, 6.07) is 5.45. The van der Waals surface area contributed by atoms with Crippen molar-refractivity contribution in [2.24, 2.45) is 11.1 Å². The lowest BCUT2D eigenvalue weighted by Gasteiger charge is -2.25. The summed E-state index contributed by atoms with van der Waals surface area (Å²) in [7, 11) is 0.